The van der Waals surface area contributed by atoms with Gasteiger partial charge in [-0.15, -0.1) is 11.3 Å². The predicted octanol–water partition coefficient (Wildman–Crippen LogP) is 4.96. The molecule has 3 aromatic rings. The Labute approximate surface area is 174 Å². The lowest BCUT2D eigenvalue weighted by Gasteiger charge is -2.56. The number of sulfonamides is 1. The first-order valence-corrected chi connectivity index (χ1v) is 12.7. The van der Waals surface area contributed by atoms with Crippen molar-refractivity contribution in [2.75, 3.05) is 4.72 Å². The molecule has 0 atom stereocenters. The van der Waals surface area contributed by atoms with Crippen LogP contribution < -0.4 is 4.72 Å². The van der Waals surface area contributed by atoms with E-state index in [-0.39, 0.29) is 10.3 Å². The molecule has 0 radical (unpaired) electrons. The zero-order valence-corrected chi connectivity index (χ0v) is 17.7. The maximum atomic E-state index is 13.1. The van der Waals surface area contributed by atoms with Crippen LogP contribution in [0.3, 0.4) is 0 Å². The highest BCUT2D eigenvalue weighted by atomic mass is 32.2. The summed E-state index contributed by atoms with van der Waals surface area (Å²) in [5.41, 5.74) is 1.77. The fourth-order valence-electron chi connectivity index (χ4n) is 6.45. The molecule has 4 aliphatic carbocycles. The Bertz CT molecular complexity index is 1160. The lowest BCUT2D eigenvalue weighted by atomic mass is 9.49. The Balaban J connectivity index is 1.32. The zero-order valence-electron chi connectivity index (χ0n) is 16.0. The molecule has 1 N–H and O–H groups in total. The van der Waals surface area contributed by atoms with Crippen molar-refractivity contribution >= 4 is 37.4 Å². The summed E-state index contributed by atoms with van der Waals surface area (Å²) < 4.78 is 28.9. The molecule has 4 fully saturated rings. The summed E-state index contributed by atoms with van der Waals surface area (Å²) in [6.07, 6.45) is 9.45. The number of pyridine rings is 1. The van der Waals surface area contributed by atoms with Crippen LogP contribution in [0.2, 0.25) is 0 Å². The van der Waals surface area contributed by atoms with E-state index in [0.717, 1.165) is 28.8 Å². The molecule has 0 saturated heterocycles. The summed E-state index contributed by atoms with van der Waals surface area (Å²) in [7, 11) is -3.75. The maximum absolute atomic E-state index is 13.1. The van der Waals surface area contributed by atoms with Gasteiger partial charge in [-0.25, -0.2) is 13.4 Å². The summed E-state index contributed by atoms with van der Waals surface area (Å²) in [6.45, 7) is 0. The molecule has 150 valence electrons. The van der Waals surface area contributed by atoms with Gasteiger partial charge >= 0.3 is 0 Å². The lowest BCUT2D eigenvalue weighted by Crippen LogP contribution is -2.48. The third-order valence-electron chi connectivity index (χ3n) is 7.19. The van der Waals surface area contributed by atoms with E-state index in [0.29, 0.717) is 10.6 Å². The highest BCUT2D eigenvalue weighted by molar-refractivity contribution is 7.93. The number of hydrogen-bond donors (Lipinski definition) is 1. The van der Waals surface area contributed by atoms with Crippen molar-refractivity contribution in [3.8, 4) is 0 Å². The summed E-state index contributed by atoms with van der Waals surface area (Å²) in [5, 5.41) is 3.36. The molecule has 2 heterocycles. The molecular formula is C22H23N3O2S2. The second-order valence-corrected chi connectivity index (χ2v) is 11.7. The fraction of sp³-hybridized carbons (Fsp3) is 0.455. The van der Waals surface area contributed by atoms with Crippen LogP contribution in [0.25, 0.3) is 10.9 Å². The summed E-state index contributed by atoms with van der Waals surface area (Å²) >= 11 is 1.40. The minimum Gasteiger partial charge on any atom is -0.255 e. The number of rotatable bonds is 4. The molecule has 4 bridgehead atoms. The van der Waals surface area contributed by atoms with Crippen molar-refractivity contribution in [1.29, 1.82) is 0 Å². The molecule has 0 aliphatic heterocycles. The molecule has 5 nitrogen and oxygen atoms in total. The highest BCUT2D eigenvalue weighted by Crippen LogP contribution is 2.60. The Morgan fingerprint density at radius 3 is 2.41 bits per heavy atom. The molecule has 0 spiro atoms. The molecule has 7 heteroatoms. The number of fused-ring (bicyclic) bond motifs is 1. The quantitative estimate of drug-likeness (QED) is 0.641. The number of nitrogens with zero attached hydrogens (tertiary/aromatic N) is 2. The van der Waals surface area contributed by atoms with Crippen LogP contribution in [0.1, 0.15) is 44.2 Å². The lowest BCUT2D eigenvalue weighted by molar-refractivity contribution is -0.00688. The van der Waals surface area contributed by atoms with Crippen molar-refractivity contribution in [3.05, 3.63) is 47.6 Å². The van der Waals surface area contributed by atoms with E-state index in [1.807, 2.05) is 18.2 Å². The van der Waals surface area contributed by atoms with Crippen LogP contribution in [0.4, 0.5) is 5.13 Å². The molecule has 29 heavy (non-hydrogen) atoms. The summed E-state index contributed by atoms with van der Waals surface area (Å²) in [4.78, 5) is 9.28. The topological polar surface area (TPSA) is 72.0 Å². The first kappa shape index (κ1) is 17.8. The van der Waals surface area contributed by atoms with Gasteiger partial charge in [0.15, 0.2) is 5.13 Å². The van der Waals surface area contributed by atoms with Gasteiger partial charge in [0.05, 0.1) is 11.2 Å². The molecule has 1 aromatic carbocycles. The zero-order chi connectivity index (χ0) is 19.6. The van der Waals surface area contributed by atoms with Crippen molar-refractivity contribution < 1.29 is 8.42 Å². The summed E-state index contributed by atoms with van der Waals surface area (Å²) in [6, 6.07) is 8.91. The van der Waals surface area contributed by atoms with Gasteiger partial charge in [-0.2, -0.15) is 0 Å². The second kappa shape index (κ2) is 6.25. The first-order chi connectivity index (χ1) is 14.0. The van der Waals surface area contributed by atoms with E-state index in [4.69, 9.17) is 4.98 Å². The fourth-order valence-corrected chi connectivity index (χ4v) is 8.72. The van der Waals surface area contributed by atoms with Crippen LogP contribution in [0.5, 0.6) is 0 Å². The number of benzene rings is 1. The van der Waals surface area contributed by atoms with E-state index in [2.05, 4.69) is 15.1 Å². The number of nitrogens with one attached hydrogen (secondary N) is 1. The van der Waals surface area contributed by atoms with E-state index in [9.17, 15) is 8.42 Å². The first-order valence-electron chi connectivity index (χ1n) is 10.3. The van der Waals surface area contributed by atoms with Gasteiger partial charge in [0, 0.05) is 22.4 Å². The van der Waals surface area contributed by atoms with Crippen LogP contribution in [0.15, 0.2) is 46.8 Å². The van der Waals surface area contributed by atoms with Crippen molar-refractivity contribution in [2.24, 2.45) is 17.8 Å². The molecule has 7 rings (SSSR count). The Morgan fingerprint density at radius 2 is 1.69 bits per heavy atom. The van der Waals surface area contributed by atoms with E-state index >= 15 is 0 Å². The minimum atomic E-state index is -3.75. The van der Waals surface area contributed by atoms with Crippen molar-refractivity contribution in [1.82, 2.24) is 9.97 Å². The Morgan fingerprint density at radius 1 is 1.00 bits per heavy atom. The van der Waals surface area contributed by atoms with E-state index < -0.39 is 10.0 Å². The smallest absolute Gasteiger partial charge is 0.255 e. The average Bonchev–Trinajstić information content (AvgIpc) is 3.15. The molecule has 2 aromatic heterocycles. The van der Waals surface area contributed by atoms with Crippen LogP contribution in [-0.2, 0) is 15.4 Å². The Kier molecular flexibility index (Phi) is 3.84. The van der Waals surface area contributed by atoms with E-state index in [1.165, 1.54) is 49.9 Å². The van der Waals surface area contributed by atoms with Gasteiger partial charge in [0.1, 0.15) is 4.90 Å². The van der Waals surface area contributed by atoms with Gasteiger partial charge < -0.3 is 0 Å². The average molecular weight is 426 g/mol. The third kappa shape index (κ3) is 2.89. The van der Waals surface area contributed by atoms with Crippen molar-refractivity contribution in [2.45, 2.75) is 48.8 Å². The van der Waals surface area contributed by atoms with Gasteiger partial charge in [-0.3, -0.25) is 9.71 Å². The highest BCUT2D eigenvalue weighted by Gasteiger charge is 2.52. The minimum absolute atomic E-state index is 0.177. The molecule has 4 saturated carbocycles. The molecular weight excluding hydrogens is 402 g/mol. The monoisotopic (exact) mass is 425 g/mol. The number of hydrogen-bond acceptors (Lipinski definition) is 5. The maximum Gasteiger partial charge on any atom is 0.265 e. The van der Waals surface area contributed by atoms with E-state index in [1.54, 1.807) is 18.3 Å². The summed E-state index contributed by atoms with van der Waals surface area (Å²) in [5.74, 6) is 2.51. The number of aromatic nitrogens is 2. The van der Waals surface area contributed by atoms with Gasteiger partial charge in [-0.05, 0) is 68.4 Å². The van der Waals surface area contributed by atoms with Gasteiger partial charge in [0.25, 0.3) is 10.0 Å². The van der Waals surface area contributed by atoms with Gasteiger partial charge in [0.2, 0.25) is 0 Å². The van der Waals surface area contributed by atoms with Crippen LogP contribution >= 0.6 is 11.3 Å². The Hall–Kier alpha value is -1.99. The standard InChI is InChI=1S/C22H23N3O2S2/c26-29(27,18-5-1-3-17-4-2-6-23-20(17)18)25-21-24-19(13-28-21)22-10-14-7-15(11-22)9-16(8-14)12-22/h1-6,13-16H,7-12H2,(H,24,25). The SMILES string of the molecule is O=S(=O)(Nc1nc(C23CC4CC(CC(C4)C2)C3)cs1)c1cccc2cccnc12. The predicted molar refractivity (Wildman–Crippen MR) is 115 cm³/mol. The normalized spacial score (nSPS) is 30.7. The van der Waals surface area contributed by atoms with Crippen molar-refractivity contribution in [3.63, 3.8) is 0 Å². The van der Waals surface area contributed by atoms with Gasteiger partial charge in [-0.1, -0.05) is 18.2 Å². The molecule has 0 amide bonds. The molecule has 0 unspecified atom stereocenters. The number of thiazole rings is 1. The number of anilines is 1. The largest absolute Gasteiger partial charge is 0.265 e. The third-order valence-corrected chi connectivity index (χ3v) is 9.45. The van der Waals surface area contributed by atoms with Crippen LogP contribution in [0, 0.1) is 17.8 Å². The van der Waals surface area contributed by atoms with Crippen LogP contribution in [-0.4, -0.2) is 18.4 Å². The second-order valence-electron chi connectivity index (χ2n) is 9.17. The number of para-hydroxylation sites is 1. The molecule has 4 aliphatic rings.